The van der Waals surface area contributed by atoms with Crippen LogP contribution in [0.3, 0.4) is 0 Å². The summed E-state index contributed by atoms with van der Waals surface area (Å²) in [6.07, 6.45) is 6.35. The Bertz CT molecular complexity index is 469. The predicted octanol–water partition coefficient (Wildman–Crippen LogP) is 2.51. The number of unbranched alkanes of at least 4 members (excludes halogenated alkanes) is 2. The van der Waals surface area contributed by atoms with E-state index in [0.717, 1.165) is 24.8 Å². The first-order valence-electron chi connectivity index (χ1n) is 7.44. The maximum absolute atomic E-state index is 11.8. The van der Waals surface area contributed by atoms with Crippen LogP contribution in [0.5, 0.6) is 0 Å². The largest absolute Gasteiger partial charge is 0.354 e. The summed E-state index contributed by atoms with van der Waals surface area (Å²) in [6, 6.07) is 9.02. The first-order valence-corrected chi connectivity index (χ1v) is 7.44. The minimum atomic E-state index is -0.528. The molecule has 1 aromatic carbocycles. The highest BCUT2D eigenvalue weighted by atomic mass is 16.2. The summed E-state index contributed by atoms with van der Waals surface area (Å²) in [5.74, 6) is -0.414. The van der Waals surface area contributed by atoms with Crippen molar-refractivity contribution in [2.75, 3.05) is 6.54 Å². The number of benzene rings is 1. The van der Waals surface area contributed by atoms with Gasteiger partial charge in [-0.1, -0.05) is 50.1 Å². The molecular weight excluding hydrogens is 264 g/mol. The Morgan fingerprint density at radius 2 is 1.90 bits per heavy atom. The summed E-state index contributed by atoms with van der Waals surface area (Å²) in [5.41, 5.74) is 0.948. The molecule has 0 heterocycles. The Morgan fingerprint density at radius 1 is 1.19 bits per heavy atom. The molecule has 0 aromatic heterocycles. The molecule has 0 saturated heterocycles. The van der Waals surface area contributed by atoms with Crippen LogP contribution in [-0.4, -0.2) is 24.4 Å². The normalized spacial score (nSPS) is 12.1. The lowest BCUT2D eigenvalue weighted by Crippen LogP contribution is -2.44. The fraction of sp³-hybridized carbons (Fsp3) is 0.412. The Balaban J connectivity index is 2.33. The third-order valence-corrected chi connectivity index (χ3v) is 3.06. The number of hydrogen-bond acceptors (Lipinski definition) is 2. The molecule has 114 valence electrons. The van der Waals surface area contributed by atoms with Gasteiger partial charge in [0.25, 0.3) is 0 Å². The summed E-state index contributed by atoms with van der Waals surface area (Å²) in [6.45, 7) is 4.46. The average Bonchev–Trinajstić information content (AvgIpc) is 2.50. The molecule has 0 aliphatic rings. The molecule has 1 atom stereocenters. The van der Waals surface area contributed by atoms with Crippen molar-refractivity contribution in [3.8, 4) is 0 Å². The van der Waals surface area contributed by atoms with Crippen LogP contribution < -0.4 is 10.6 Å². The maximum Gasteiger partial charge on any atom is 0.244 e. The van der Waals surface area contributed by atoms with Gasteiger partial charge in [-0.2, -0.15) is 0 Å². The molecule has 4 nitrogen and oxygen atoms in total. The monoisotopic (exact) mass is 288 g/mol. The Morgan fingerprint density at radius 3 is 2.57 bits per heavy atom. The van der Waals surface area contributed by atoms with Crippen molar-refractivity contribution in [3.05, 3.63) is 42.0 Å². The number of nitrogens with one attached hydrogen (secondary N) is 2. The molecule has 0 aliphatic carbocycles. The van der Waals surface area contributed by atoms with Crippen molar-refractivity contribution in [1.82, 2.24) is 10.6 Å². The second kappa shape index (κ2) is 9.75. The first-order chi connectivity index (χ1) is 10.1. The third kappa shape index (κ3) is 7.30. The fourth-order valence-electron chi connectivity index (χ4n) is 1.80. The topological polar surface area (TPSA) is 58.2 Å². The standard InChI is InChI=1S/C17H24N2O2/c1-3-4-8-13-18-17(21)14(2)19-16(20)12-11-15-9-6-5-7-10-15/h5-7,9-12,14H,3-4,8,13H2,1-2H3,(H,18,21)(H,19,20)/b12-11+. The van der Waals surface area contributed by atoms with Gasteiger partial charge < -0.3 is 10.6 Å². The van der Waals surface area contributed by atoms with Gasteiger partial charge in [0.15, 0.2) is 0 Å². The molecule has 1 rings (SSSR count). The zero-order valence-corrected chi connectivity index (χ0v) is 12.8. The lowest BCUT2D eigenvalue weighted by atomic mass is 10.2. The second-order valence-electron chi connectivity index (χ2n) is 4.97. The van der Waals surface area contributed by atoms with Crippen LogP contribution in [0.1, 0.15) is 38.7 Å². The van der Waals surface area contributed by atoms with Crippen LogP contribution >= 0.6 is 0 Å². The van der Waals surface area contributed by atoms with E-state index in [1.165, 1.54) is 6.08 Å². The van der Waals surface area contributed by atoms with Crippen molar-refractivity contribution in [3.63, 3.8) is 0 Å². The lowest BCUT2D eigenvalue weighted by molar-refractivity contribution is -0.126. The Kier molecular flexibility index (Phi) is 7.87. The van der Waals surface area contributed by atoms with Gasteiger partial charge in [-0.05, 0) is 25.0 Å². The average molecular weight is 288 g/mol. The minimum Gasteiger partial charge on any atom is -0.354 e. The molecule has 0 fully saturated rings. The summed E-state index contributed by atoms with van der Waals surface area (Å²) in [4.78, 5) is 23.5. The van der Waals surface area contributed by atoms with Crippen molar-refractivity contribution < 1.29 is 9.59 Å². The molecule has 1 unspecified atom stereocenters. The Hall–Kier alpha value is -2.10. The van der Waals surface area contributed by atoms with Crippen molar-refractivity contribution in [2.24, 2.45) is 0 Å². The number of hydrogen-bond donors (Lipinski definition) is 2. The minimum absolute atomic E-state index is 0.146. The second-order valence-corrected chi connectivity index (χ2v) is 4.97. The van der Waals surface area contributed by atoms with E-state index in [1.54, 1.807) is 13.0 Å². The van der Waals surface area contributed by atoms with E-state index in [1.807, 2.05) is 30.3 Å². The van der Waals surface area contributed by atoms with Gasteiger partial charge >= 0.3 is 0 Å². The fourth-order valence-corrected chi connectivity index (χ4v) is 1.80. The van der Waals surface area contributed by atoms with Crippen LogP contribution in [-0.2, 0) is 9.59 Å². The molecule has 0 saturated carbocycles. The summed E-state index contributed by atoms with van der Waals surface area (Å²) < 4.78 is 0. The van der Waals surface area contributed by atoms with E-state index in [0.29, 0.717) is 6.54 Å². The van der Waals surface area contributed by atoms with Crippen molar-refractivity contribution >= 4 is 17.9 Å². The molecule has 1 aromatic rings. The molecule has 2 N–H and O–H groups in total. The molecule has 0 bridgehead atoms. The third-order valence-electron chi connectivity index (χ3n) is 3.06. The smallest absolute Gasteiger partial charge is 0.244 e. The first kappa shape index (κ1) is 17.0. The lowest BCUT2D eigenvalue weighted by Gasteiger charge is -2.12. The molecule has 0 spiro atoms. The van der Waals surface area contributed by atoms with E-state index >= 15 is 0 Å². The maximum atomic E-state index is 11.8. The van der Waals surface area contributed by atoms with Crippen molar-refractivity contribution in [1.29, 1.82) is 0 Å². The number of amides is 2. The van der Waals surface area contributed by atoms with Crippen LogP contribution in [0.4, 0.5) is 0 Å². The summed E-state index contributed by atoms with van der Waals surface area (Å²) in [7, 11) is 0. The quantitative estimate of drug-likeness (QED) is 0.570. The summed E-state index contributed by atoms with van der Waals surface area (Å²) >= 11 is 0. The molecule has 0 radical (unpaired) electrons. The van der Waals surface area contributed by atoms with Gasteiger partial charge in [-0.25, -0.2) is 0 Å². The van der Waals surface area contributed by atoms with E-state index in [-0.39, 0.29) is 11.8 Å². The van der Waals surface area contributed by atoms with Crippen LogP contribution in [0.15, 0.2) is 36.4 Å². The van der Waals surface area contributed by atoms with Crippen LogP contribution in [0.2, 0.25) is 0 Å². The van der Waals surface area contributed by atoms with E-state index in [9.17, 15) is 9.59 Å². The SMILES string of the molecule is CCCCCNC(=O)C(C)NC(=O)/C=C/c1ccccc1. The van der Waals surface area contributed by atoms with E-state index < -0.39 is 6.04 Å². The Labute approximate surface area is 126 Å². The highest BCUT2D eigenvalue weighted by Gasteiger charge is 2.13. The van der Waals surface area contributed by atoms with Crippen LogP contribution in [0.25, 0.3) is 6.08 Å². The van der Waals surface area contributed by atoms with Gasteiger partial charge in [0, 0.05) is 12.6 Å². The molecular formula is C17H24N2O2. The van der Waals surface area contributed by atoms with E-state index in [2.05, 4.69) is 17.6 Å². The zero-order valence-electron chi connectivity index (χ0n) is 12.8. The highest BCUT2D eigenvalue weighted by molar-refractivity contribution is 5.95. The van der Waals surface area contributed by atoms with Gasteiger partial charge in [-0.3, -0.25) is 9.59 Å². The molecule has 0 aliphatic heterocycles. The van der Waals surface area contributed by atoms with Crippen LogP contribution in [0, 0.1) is 0 Å². The van der Waals surface area contributed by atoms with Gasteiger partial charge in [0.2, 0.25) is 11.8 Å². The highest BCUT2D eigenvalue weighted by Crippen LogP contribution is 2.00. The number of rotatable bonds is 8. The predicted molar refractivity (Wildman–Crippen MR) is 85.6 cm³/mol. The summed E-state index contributed by atoms with van der Waals surface area (Å²) in [5, 5.41) is 5.47. The molecule has 4 heteroatoms. The van der Waals surface area contributed by atoms with Crippen molar-refractivity contribution in [2.45, 2.75) is 39.2 Å². The molecule has 2 amide bonds. The van der Waals surface area contributed by atoms with E-state index in [4.69, 9.17) is 0 Å². The van der Waals surface area contributed by atoms with Gasteiger partial charge in [0.05, 0.1) is 0 Å². The van der Waals surface area contributed by atoms with Gasteiger partial charge in [-0.15, -0.1) is 0 Å². The number of carbonyl (C=O) groups is 2. The van der Waals surface area contributed by atoms with Gasteiger partial charge in [0.1, 0.15) is 6.04 Å². The molecule has 21 heavy (non-hydrogen) atoms. The number of carbonyl (C=O) groups excluding carboxylic acids is 2. The zero-order chi connectivity index (χ0) is 15.5.